The Morgan fingerprint density at radius 2 is 2.36 bits per heavy atom. The lowest BCUT2D eigenvalue weighted by molar-refractivity contribution is 0.0628. The lowest BCUT2D eigenvalue weighted by Gasteiger charge is -2.36. The first-order valence-electron chi connectivity index (χ1n) is 4.67. The van der Waals surface area contributed by atoms with Crippen LogP contribution in [-0.4, -0.2) is 34.7 Å². The van der Waals surface area contributed by atoms with E-state index in [4.69, 9.17) is 10.5 Å². The fourth-order valence-electron chi connectivity index (χ4n) is 1.60. The van der Waals surface area contributed by atoms with Crippen molar-refractivity contribution in [2.24, 2.45) is 5.73 Å². The first-order chi connectivity index (χ1) is 6.85. The zero-order chi connectivity index (χ0) is 9.86. The molecule has 0 bridgehead atoms. The topological polar surface area (TPSA) is 73.1 Å². The number of aromatic nitrogens is 2. The van der Waals surface area contributed by atoms with Gasteiger partial charge in [0, 0.05) is 31.3 Å². The number of ether oxygens (including phenoxy) is 1. The normalized spacial score (nSPS) is 20.6. The van der Waals surface area contributed by atoms with Gasteiger partial charge in [-0.25, -0.2) is 4.98 Å². The summed E-state index contributed by atoms with van der Waals surface area (Å²) in [5.74, 6) is 0. The Labute approximate surface area is 86.8 Å². The number of hydrogen-bond donors (Lipinski definition) is 2. The summed E-state index contributed by atoms with van der Waals surface area (Å²) in [6.07, 6.45) is 3.42. The monoisotopic (exact) mass is 214 g/mol. The number of nitrogens with one attached hydrogen (secondary N) is 1. The van der Waals surface area contributed by atoms with Crippen LogP contribution in [0.4, 0.5) is 5.13 Å². The largest absolute Gasteiger partial charge is 0.381 e. The minimum Gasteiger partial charge on any atom is -0.381 e. The summed E-state index contributed by atoms with van der Waals surface area (Å²) >= 11 is 1.36. The van der Waals surface area contributed by atoms with Gasteiger partial charge in [-0.15, -0.1) is 0 Å². The second-order valence-corrected chi connectivity index (χ2v) is 4.25. The molecule has 1 aromatic heterocycles. The van der Waals surface area contributed by atoms with Gasteiger partial charge in [0.2, 0.25) is 5.13 Å². The lowest BCUT2D eigenvalue weighted by atomic mass is 9.90. The summed E-state index contributed by atoms with van der Waals surface area (Å²) in [6, 6.07) is 0. The minimum absolute atomic E-state index is 0.0439. The van der Waals surface area contributed by atoms with Crippen molar-refractivity contribution in [1.82, 2.24) is 9.36 Å². The molecule has 1 aliphatic heterocycles. The van der Waals surface area contributed by atoms with Crippen molar-refractivity contribution in [2.75, 3.05) is 25.1 Å². The molecule has 78 valence electrons. The highest BCUT2D eigenvalue weighted by Crippen LogP contribution is 2.25. The van der Waals surface area contributed by atoms with Crippen molar-refractivity contribution in [1.29, 1.82) is 0 Å². The van der Waals surface area contributed by atoms with Gasteiger partial charge in [0.15, 0.2) is 0 Å². The van der Waals surface area contributed by atoms with Crippen LogP contribution in [0.1, 0.15) is 12.8 Å². The SMILES string of the molecule is NCC1(Nc2ncns2)CCOCC1. The summed E-state index contributed by atoms with van der Waals surface area (Å²) in [4.78, 5) is 4.10. The van der Waals surface area contributed by atoms with Crippen molar-refractivity contribution in [3.63, 3.8) is 0 Å². The molecule has 0 amide bonds. The fourth-order valence-corrected chi connectivity index (χ4v) is 2.15. The summed E-state index contributed by atoms with van der Waals surface area (Å²) in [5, 5.41) is 4.21. The maximum Gasteiger partial charge on any atom is 0.202 e. The minimum atomic E-state index is -0.0439. The van der Waals surface area contributed by atoms with Crippen LogP contribution in [0.3, 0.4) is 0 Å². The molecule has 1 aliphatic rings. The van der Waals surface area contributed by atoms with E-state index in [9.17, 15) is 0 Å². The molecule has 0 atom stereocenters. The third-order valence-corrected chi connectivity index (χ3v) is 3.15. The van der Waals surface area contributed by atoms with Crippen LogP contribution in [0.5, 0.6) is 0 Å². The van der Waals surface area contributed by atoms with Gasteiger partial charge in [-0.2, -0.15) is 4.37 Å². The standard InChI is InChI=1S/C8H14N4OS/c9-5-8(1-3-13-4-2-8)12-7-10-6-11-14-7/h6H,1-5,9H2,(H,10,11,12). The van der Waals surface area contributed by atoms with Crippen LogP contribution in [0.15, 0.2) is 6.33 Å². The molecule has 14 heavy (non-hydrogen) atoms. The molecule has 6 heteroatoms. The molecular weight excluding hydrogens is 200 g/mol. The Morgan fingerprint density at radius 1 is 1.57 bits per heavy atom. The van der Waals surface area contributed by atoms with Gasteiger partial charge in [-0.05, 0) is 12.8 Å². The number of nitrogens with two attached hydrogens (primary N) is 1. The van der Waals surface area contributed by atoms with Gasteiger partial charge in [-0.1, -0.05) is 0 Å². The van der Waals surface area contributed by atoms with E-state index in [2.05, 4.69) is 14.7 Å². The highest BCUT2D eigenvalue weighted by Gasteiger charge is 2.31. The predicted molar refractivity (Wildman–Crippen MR) is 55.4 cm³/mol. The number of rotatable bonds is 3. The molecule has 0 aromatic carbocycles. The second kappa shape index (κ2) is 4.20. The molecule has 5 nitrogen and oxygen atoms in total. The van der Waals surface area contributed by atoms with Crippen LogP contribution in [-0.2, 0) is 4.74 Å². The average molecular weight is 214 g/mol. The zero-order valence-corrected chi connectivity index (χ0v) is 8.72. The maximum atomic E-state index is 5.79. The van der Waals surface area contributed by atoms with Gasteiger partial charge in [0.05, 0.1) is 5.54 Å². The predicted octanol–water partition coefficient (Wildman–Crippen LogP) is 0.458. The van der Waals surface area contributed by atoms with Crippen molar-refractivity contribution >= 4 is 16.7 Å². The summed E-state index contributed by atoms with van der Waals surface area (Å²) in [7, 11) is 0. The summed E-state index contributed by atoms with van der Waals surface area (Å²) < 4.78 is 9.27. The van der Waals surface area contributed by atoms with Crippen molar-refractivity contribution in [3.8, 4) is 0 Å². The molecule has 3 N–H and O–H groups in total. The van der Waals surface area contributed by atoms with Crippen molar-refractivity contribution < 1.29 is 4.74 Å². The van der Waals surface area contributed by atoms with Crippen LogP contribution >= 0.6 is 11.5 Å². The molecule has 0 unspecified atom stereocenters. The first kappa shape index (κ1) is 9.82. The van der Waals surface area contributed by atoms with Crippen LogP contribution in [0.2, 0.25) is 0 Å². The third-order valence-electron chi connectivity index (χ3n) is 2.57. The van der Waals surface area contributed by atoms with Crippen LogP contribution in [0, 0.1) is 0 Å². The Morgan fingerprint density at radius 3 is 2.93 bits per heavy atom. The van der Waals surface area contributed by atoms with Crippen LogP contribution < -0.4 is 11.1 Å². The molecule has 1 fully saturated rings. The van der Waals surface area contributed by atoms with E-state index in [1.807, 2.05) is 0 Å². The molecule has 0 aliphatic carbocycles. The Hall–Kier alpha value is -0.720. The smallest absolute Gasteiger partial charge is 0.202 e. The van der Waals surface area contributed by atoms with E-state index in [0.717, 1.165) is 31.2 Å². The summed E-state index contributed by atoms with van der Waals surface area (Å²) in [6.45, 7) is 2.14. The number of nitrogens with zero attached hydrogens (tertiary/aromatic N) is 2. The van der Waals surface area contributed by atoms with E-state index in [-0.39, 0.29) is 5.54 Å². The number of anilines is 1. The average Bonchev–Trinajstić information content (AvgIpc) is 2.72. The second-order valence-electron chi connectivity index (χ2n) is 3.47. The quantitative estimate of drug-likeness (QED) is 0.764. The van der Waals surface area contributed by atoms with Gasteiger partial charge in [-0.3, -0.25) is 0 Å². The Kier molecular flexibility index (Phi) is 2.95. The first-order valence-corrected chi connectivity index (χ1v) is 5.45. The van der Waals surface area contributed by atoms with Gasteiger partial charge in [0.25, 0.3) is 0 Å². The highest BCUT2D eigenvalue weighted by atomic mass is 32.1. The molecule has 0 saturated carbocycles. The van der Waals surface area contributed by atoms with Gasteiger partial charge in [0.1, 0.15) is 6.33 Å². The highest BCUT2D eigenvalue weighted by molar-refractivity contribution is 7.09. The van der Waals surface area contributed by atoms with E-state index in [0.29, 0.717) is 6.54 Å². The Bertz CT molecular complexity index is 271. The van der Waals surface area contributed by atoms with E-state index >= 15 is 0 Å². The lowest BCUT2D eigenvalue weighted by Crippen LogP contribution is -2.49. The third kappa shape index (κ3) is 2.02. The number of hydrogen-bond acceptors (Lipinski definition) is 6. The molecule has 2 heterocycles. The van der Waals surface area contributed by atoms with Gasteiger partial charge < -0.3 is 15.8 Å². The van der Waals surface area contributed by atoms with E-state index < -0.39 is 0 Å². The molecule has 1 aromatic rings. The summed E-state index contributed by atoms with van der Waals surface area (Å²) in [5.41, 5.74) is 5.75. The molecular formula is C8H14N4OS. The van der Waals surface area contributed by atoms with Gasteiger partial charge >= 0.3 is 0 Å². The van der Waals surface area contributed by atoms with E-state index in [1.165, 1.54) is 11.5 Å². The molecule has 0 radical (unpaired) electrons. The van der Waals surface area contributed by atoms with Crippen molar-refractivity contribution in [3.05, 3.63) is 6.33 Å². The van der Waals surface area contributed by atoms with Crippen LogP contribution in [0.25, 0.3) is 0 Å². The fraction of sp³-hybridized carbons (Fsp3) is 0.750. The molecule has 2 rings (SSSR count). The molecule has 1 saturated heterocycles. The van der Waals surface area contributed by atoms with E-state index in [1.54, 1.807) is 6.33 Å². The van der Waals surface area contributed by atoms with Crippen molar-refractivity contribution in [2.45, 2.75) is 18.4 Å². The zero-order valence-electron chi connectivity index (χ0n) is 7.90. The Balaban J connectivity index is 2.04. The maximum absolute atomic E-state index is 5.79. The molecule has 0 spiro atoms.